The number of amides is 1. The first-order valence-electron chi connectivity index (χ1n) is 6.90. The van der Waals surface area contributed by atoms with Gasteiger partial charge in [-0.1, -0.05) is 29.8 Å². The smallest absolute Gasteiger partial charge is 0.319 e. The monoisotopic (exact) mass is 310 g/mol. The Morgan fingerprint density at radius 3 is 2.48 bits per heavy atom. The number of methoxy groups -OCH3 is 1. The molecule has 0 spiro atoms. The third kappa shape index (κ3) is 4.44. The molecule has 1 aromatic carbocycles. The molecule has 1 aliphatic heterocycles. The molecule has 0 aromatic heterocycles. The summed E-state index contributed by atoms with van der Waals surface area (Å²) in [6, 6.07) is 7.39. The van der Waals surface area contributed by atoms with Crippen molar-refractivity contribution in [2.24, 2.45) is 0 Å². The lowest BCUT2D eigenvalue weighted by atomic mass is 10.1. The molecule has 0 aliphatic carbocycles. The average molecular weight is 311 g/mol. The van der Waals surface area contributed by atoms with Crippen molar-refractivity contribution >= 4 is 23.5 Å². The zero-order valence-electron chi connectivity index (χ0n) is 12.0. The average Bonchev–Trinajstić information content (AvgIpc) is 2.50. The number of rotatable bonds is 4. The van der Waals surface area contributed by atoms with Crippen molar-refractivity contribution in [2.75, 3.05) is 39.8 Å². The number of benzene rings is 1. The van der Waals surface area contributed by atoms with Gasteiger partial charge in [0.1, 0.15) is 0 Å². The largest absolute Gasteiger partial charge is 0.468 e. The fraction of sp³-hybridized carbons (Fsp3) is 0.467. The van der Waals surface area contributed by atoms with E-state index in [1.165, 1.54) is 7.11 Å². The highest BCUT2D eigenvalue weighted by Gasteiger charge is 2.22. The maximum Gasteiger partial charge on any atom is 0.319 e. The number of carbonyl (C=O) groups excluding carboxylic acids is 2. The summed E-state index contributed by atoms with van der Waals surface area (Å²) in [4.78, 5) is 27.3. The molecule has 1 aliphatic rings. The van der Waals surface area contributed by atoms with E-state index in [9.17, 15) is 9.59 Å². The molecule has 0 radical (unpaired) electrons. The summed E-state index contributed by atoms with van der Waals surface area (Å²) in [5.41, 5.74) is 0.848. The Bertz CT molecular complexity index is 513. The molecule has 1 amide bonds. The molecule has 6 heteroatoms. The maximum absolute atomic E-state index is 12.3. The van der Waals surface area contributed by atoms with Gasteiger partial charge in [0.25, 0.3) is 0 Å². The minimum atomic E-state index is -0.245. The molecule has 1 aromatic rings. The molecule has 1 saturated heterocycles. The molecule has 1 heterocycles. The van der Waals surface area contributed by atoms with E-state index in [0.717, 1.165) is 5.56 Å². The van der Waals surface area contributed by atoms with Crippen molar-refractivity contribution in [1.29, 1.82) is 0 Å². The predicted molar refractivity (Wildman–Crippen MR) is 80.2 cm³/mol. The van der Waals surface area contributed by atoms with Crippen LogP contribution in [0.15, 0.2) is 24.3 Å². The molecule has 5 nitrogen and oxygen atoms in total. The van der Waals surface area contributed by atoms with Crippen molar-refractivity contribution in [3.8, 4) is 0 Å². The minimum Gasteiger partial charge on any atom is -0.468 e. The highest BCUT2D eigenvalue weighted by molar-refractivity contribution is 6.31. The van der Waals surface area contributed by atoms with Gasteiger partial charge in [-0.25, -0.2) is 0 Å². The van der Waals surface area contributed by atoms with Gasteiger partial charge in [-0.05, 0) is 11.6 Å². The van der Waals surface area contributed by atoms with E-state index in [4.69, 9.17) is 11.6 Å². The van der Waals surface area contributed by atoms with Crippen LogP contribution < -0.4 is 0 Å². The van der Waals surface area contributed by atoms with Gasteiger partial charge in [0.15, 0.2) is 0 Å². The Labute approximate surface area is 129 Å². The van der Waals surface area contributed by atoms with Crippen molar-refractivity contribution < 1.29 is 14.3 Å². The first-order chi connectivity index (χ1) is 10.1. The molecule has 0 unspecified atom stereocenters. The van der Waals surface area contributed by atoms with E-state index in [0.29, 0.717) is 37.6 Å². The zero-order valence-corrected chi connectivity index (χ0v) is 12.8. The van der Waals surface area contributed by atoms with Crippen LogP contribution in [0.4, 0.5) is 0 Å². The van der Waals surface area contributed by atoms with E-state index in [1.807, 2.05) is 28.0 Å². The van der Waals surface area contributed by atoms with Gasteiger partial charge in [-0.3, -0.25) is 14.5 Å². The molecule has 2 rings (SSSR count). The fourth-order valence-electron chi connectivity index (χ4n) is 2.32. The number of halogens is 1. The van der Waals surface area contributed by atoms with Gasteiger partial charge in [0.05, 0.1) is 20.1 Å². The first kappa shape index (κ1) is 15.8. The lowest BCUT2D eigenvalue weighted by molar-refractivity contribution is -0.142. The molecule has 0 bridgehead atoms. The lowest BCUT2D eigenvalue weighted by Crippen LogP contribution is -2.50. The van der Waals surface area contributed by atoms with Crippen LogP contribution in [0, 0.1) is 0 Å². The number of carbonyl (C=O) groups is 2. The summed E-state index contributed by atoms with van der Waals surface area (Å²) >= 11 is 6.07. The van der Waals surface area contributed by atoms with Crippen molar-refractivity contribution in [1.82, 2.24) is 9.80 Å². The van der Waals surface area contributed by atoms with Crippen LogP contribution >= 0.6 is 11.6 Å². The first-order valence-corrected chi connectivity index (χ1v) is 7.28. The van der Waals surface area contributed by atoms with Gasteiger partial charge in [-0.15, -0.1) is 0 Å². The normalized spacial score (nSPS) is 15.8. The third-order valence-electron chi connectivity index (χ3n) is 3.60. The Hall–Kier alpha value is -1.59. The standard InChI is InChI=1S/C15H19ClN2O3/c1-21-15(20)11-17-6-8-18(9-7-17)14(19)10-12-4-2-3-5-13(12)16/h2-5H,6-11H2,1H3. The second-order valence-corrected chi connectivity index (χ2v) is 5.41. The fourth-order valence-corrected chi connectivity index (χ4v) is 2.52. The summed E-state index contributed by atoms with van der Waals surface area (Å²) in [7, 11) is 1.38. The van der Waals surface area contributed by atoms with E-state index in [1.54, 1.807) is 6.07 Å². The minimum absolute atomic E-state index is 0.0702. The molecule has 0 N–H and O–H groups in total. The molecule has 0 saturated carbocycles. The predicted octanol–water partition coefficient (Wildman–Crippen LogP) is 1.20. The van der Waals surface area contributed by atoms with Crippen molar-refractivity contribution in [2.45, 2.75) is 6.42 Å². The number of hydrogen-bond acceptors (Lipinski definition) is 4. The quantitative estimate of drug-likeness (QED) is 0.784. The van der Waals surface area contributed by atoms with Crippen LogP contribution in [0.2, 0.25) is 5.02 Å². The number of ether oxygens (including phenoxy) is 1. The second-order valence-electron chi connectivity index (χ2n) is 5.00. The van der Waals surface area contributed by atoms with Crippen LogP contribution in [0.5, 0.6) is 0 Å². The number of piperazine rings is 1. The highest BCUT2D eigenvalue weighted by atomic mass is 35.5. The van der Waals surface area contributed by atoms with Crippen LogP contribution in [0.3, 0.4) is 0 Å². The molecular formula is C15H19ClN2O3. The van der Waals surface area contributed by atoms with Crippen molar-refractivity contribution in [3.63, 3.8) is 0 Å². The molecule has 1 fully saturated rings. The summed E-state index contributed by atoms with van der Waals surface area (Å²) in [6.45, 7) is 2.90. The van der Waals surface area contributed by atoms with Crippen LogP contribution in [-0.2, 0) is 20.7 Å². The zero-order chi connectivity index (χ0) is 15.2. The third-order valence-corrected chi connectivity index (χ3v) is 3.97. The number of hydrogen-bond donors (Lipinski definition) is 0. The summed E-state index contributed by atoms with van der Waals surface area (Å²) in [6.07, 6.45) is 0.316. The van der Waals surface area contributed by atoms with E-state index in [2.05, 4.69) is 4.74 Å². The summed E-state index contributed by atoms with van der Waals surface area (Å²) in [5, 5.41) is 0.621. The van der Waals surface area contributed by atoms with Gasteiger partial charge < -0.3 is 9.64 Å². The Morgan fingerprint density at radius 2 is 1.86 bits per heavy atom. The van der Waals surface area contributed by atoms with Gasteiger partial charge in [0.2, 0.25) is 5.91 Å². The van der Waals surface area contributed by atoms with E-state index < -0.39 is 0 Å². The van der Waals surface area contributed by atoms with Gasteiger partial charge in [0, 0.05) is 31.2 Å². The lowest BCUT2D eigenvalue weighted by Gasteiger charge is -2.34. The molecule has 0 atom stereocenters. The molecular weight excluding hydrogens is 292 g/mol. The van der Waals surface area contributed by atoms with E-state index >= 15 is 0 Å². The SMILES string of the molecule is COC(=O)CN1CCN(C(=O)Cc2ccccc2Cl)CC1. The topological polar surface area (TPSA) is 49.9 Å². The Morgan fingerprint density at radius 1 is 1.19 bits per heavy atom. The van der Waals surface area contributed by atoms with Gasteiger partial charge in [-0.2, -0.15) is 0 Å². The van der Waals surface area contributed by atoms with Crippen LogP contribution in [-0.4, -0.2) is 61.5 Å². The molecule has 114 valence electrons. The Kier molecular flexibility index (Phi) is 5.59. The number of esters is 1. The Balaban J connectivity index is 1.83. The highest BCUT2D eigenvalue weighted by Crippen LogP contribution is 2.16. The van der Waals surface area contributed by atoms with Crippen molar-refractivity contribution in [3.05, 3.63) is 34.9 Å². The maximum atomic E-state index is 12.3. The summed E-state index contributed by atoms with van der Waals surface area (Å²) in [5.74, 6) is -0.174. The second kappa shape index (κ2) is 7.43. The summed E-state index contributed by atoms with van der Waals surface area (Å²) < 4.78 is 4.64. The van der Waals surface area contributed by atoms with Crippen LogP contribution in [0.25, 0.3) is 0 Å². The van der Waals surface area contributed by atoms with Gasteiger partial charge >= 0.3 is 5.97 Å². The van der Waals surface area contributed by atoms with E-state index in [-0.39, 0.29) is 18.4 Å². The molecule has 21 heavy (non-hydrogen) atoms. The number of nitrogens with zero attached hydrogens (tertiary/aromatic N) is 2. The van der Waals surface area contributed by atoms with Crippen LogP contribution in [0.1, 0.15) is 5.56 Å².